The second kappa shape index (κ2) is 8.25. The van der Waals surface area contributed by atoms with Crippen LogP contribution in [0.4, 0.5) is 0 Å². The minimum Gasteiger partial charge on any atom is -0.383 e. The van der Waals surface area contributed by atoms with E-state index in [1.807, 2.05) is 10.9 Å². The molecule has 4 heteroatoms. The van der Waals surface area contributed by atoms with Crippen molar-refractivity contribution in [3.8, 4) is 0 Å². The number of nitrogens with one attached hydrogen (secondary N) is 1. The van der Waals surface area contributed by atoms with E-state index < -0.39 is 0 Å². The van der Waals surface area contributed by atoms with Crippen LogP contribution in [0.3, 0.4) is 0 Å². The van der Waals surface area contributed by atoms with Crippen molar-refractivity contribution >= 4 is 0 Å². The molecule has 0 radical (unpaired) electrons. The zero-order valence-electron chi connectivity index (χ0n) is 11.3. The highest BCUT2D eigenvalue weighted by molar-refractivity contribution is 5.00. The van der Waals surface area contributed by atoms with E-state index in [0.29, 0.717) is 0 Å². The average molecular weight is 239 g/mol. The third kappa shape index (κ3) is 5.84. The van der Waals surface area contributed by atoms with Gasteiger partial charge in [0.05, 0.1) is 13.2 Å². The first kappa shape index (κ1) is 14.2. The van der Waals surface area contributed by atoms with Gasteiger partial charge in [-0.2, -0.15) is 5.10 Å². The number of ether oxygens (including phenoxy) is 1. The number of hydrogen-bond acceptors (Lipinski definition) is 3. The lowest BCUT2D eigenvalue weighted by molar-refractivity contribution is 0.182. The molecule has 0 aromatic carbocycles. The number of hydrogen-bond donors (Lipinski definition) is 1. The summed E-state index contributed by atoms with van der Waals surface area (Å²) < 4.78 is 7.10. The molecule has 1 rings (SSSR count). The van der Waals surface area contributed by atoms with Gasteiger partial charge in [0.1, 0.15) is 0 Å². The van der Waals surface area contributed by atoms with Crippen molar-refractivity contribution in [1.29, 1.82) is 0 Å². The summed E-state index contributed by atoms with van der Waals surface area (Å²) in [5.41, 5.74) is 1.30. The van der Waals surface area contributed by atoms with E-state index in [0.717, 1.165) is 45.0 Å². The number of aromatic nitrogens is 2. The number of methoxy groups -OCH3 is 1. The van der Waals surface area contributed by atoms with E-state index in [2.05, 4.69) is 30.3 Å². The Labute approximate surface area is 104 Å². The van der Waals surface area contributed by atoms with Crippen LogP contribution in [0.2, 0.25) is 0 Å². The van der Waals surface area contributed by atoms with Gasteiger partial charge in [0, 0.05) is 19.0 Å². The molecule has 1 aromatic heterocycles. The molecule has 0 aliphatic carbocycles. The molecular formula is C13H25N3O. The fourth-order valence-electron chi connectivity index (χ4n) is 1.74. The fourth-order valence-corrected chi connectivity index (χ4v) is 1.74. The molecule has 0 atom stereocenters. The third-order valence-electron chi connectivity index (χ3n) is 2.65. The van der Waals surface area contributed by atoms with Crippen LogP contribution >= 0.6 is 0 Å². The first-order valence-corrected chi connectivity index (χ1v) is 6.44. The average Bonchev–Trinajstić information content (AvgIpc) is 2.73. The summed E-state index contributed by atoms with van der Waals surface area (Å²) in [5.74, 6) is 0.724. The minimum atomic E-state index is 0.722. The highest BCUT2D eigenvalue weighted by Crippen LogP contribution is 2.02. The Morgan fingerprint density at radius 1 is 1.47 bits per heavy atom. The van der Waals surface area contributed by atoms with Crippen LogP contribution < -0.4 is 5.32 Å². The Morgan fingerprint density at radius 2 is 2.29 bits per heavy atom. The van der Waals surface area contributed by atoms with E-state index in [1.54, 1.807) is 7.11 Å². The van der Waals surface area contributed by atoms with Gasteiger partial charge in [-0.25, -0.2) is 0 Å². The summed E-state index contributed by atoms with van der Waals surface area (Å²) >= 11 is 0. The summed E-state index contributed by atoms with van der Waals surface area (Å²) in [6.07, 6.45) is 4.10. The molecule has 4 nitrogen and oxygen atoms in total. The largest absolute Gasteiger partial charge is 0.383 e. The summed E-state index contributed by atoms with van der Waals surface area (Å²) in [4.78, 5) is 0. The molecule has 0 saturated carbocycles. The quantitative estimate of drug-likeness (QED) is 0.667. The van der Waals surface area contributed by atoms with E-state index in [4.69, 9.17) is 4.74 Å². The standard InChI is InChI=1S/C13H25N3O/c1-12(2)11-14-7-4-5-13-6-8-15-16(13)9-10-17-3/h6,8,12,14H,4-5,7,9-11H2,1-3H3. The van der Waals surface area contributed by atoms with Gasteiger partial charge in [-0.1, -0.05) is 13.8 Å². The van der Waals surface area contributed by atoms with Gasteiger partial charge >= 0.3 is 0 Å². The lowest BCUT2D eigenvalue weighted by atomic mass is 10.2. The summed E-state index contributed by atoms with van der Waals surface area (Å²) in [5, 5.41) is 7.75. The maximum Gasteiger partial charge on any atom is 0.0658 e. The van der Waals surface area contributed by atoms with E-state index in [1.165, 1.54) is 5.69 Å². The Kier molecular flexibility index (Phi) is 6.89. The molecule has 0 unspecified atom stereocenters. The van der Waals surface area contributed by atoms with Crippen LogP contribution in [-0.2, 0) is 17.7 Å². The summed E-state index contributed by atoms with van der Waals surface area (Å²) in [6, 6.07) is 2.10. The second-order valence-corrected chi connectivity index (χ2v) is 4.74. The first-order chi connectivity index (χ1) is 8.24. The highest BCUT2D eigenvalue weighted by Gasteiger charge is 2.01. The van der Waals surface area contributed by atoms with Gasteiger partial charge in [0.25, 0.3) is 0 Å². The van der Waals surface area contributed by atoms with Crippen molar-refractivity contribution in [2.24, 2.45) is 5.92 Å². The van der Waals surface area contributed by atoms with Crippen LogP contribution in [0.1, 0.15) is 26.0 Å². The molecule has 0 saturated heterocycles. The molecule has 1 N–H and O–H groups in total. The minimum absolute atomic E-state index is 0.722. The van der Waals surface area contributed by atoms with Crippen LogP contribution in [0.25, 0.3) is 0 Å². The normalized spacial score (nSPS) is 11.3. The predicted molar refractivity (Wildman–Crippen MR) is 70.1 cm³/mol. The monoisotopic (exact) mass is 239 g/mol. The molecule has 0 aliphatic heterocycles. The molecule has 17 heavy (non-hydrogen) atoms. The van der Waals surface area contributed by atoms with Gasteiger partial charge in [-0.3, -0.25) is 4.68 Å². The lowest BCUT2D eigenvalue weighted by Crippen LogP contribution is -2.21. The lowest BCUT2D eigenvalue weighted by Gasteiger charge is -2.08. The van der Waals surface area contributed by atoms with Crippen molar-refractivity contribution in [3.63, 3.8) is 0 Å². The molecule has 98 valence electrons. The Balaban J connectivity index is 2.19. The number of rotatable bonds is 9. The topological polar surface area (TPSA) is 39.1 Å². The molecule has 1 aromatic rings. The van der Waals surface area contributed by atoms with Crippen LogP contribution in [-0.4, -0.2) is 36.6 Å². The zero-order chi connectivity index (χ0) is 12.5. The molecule has 0 spiro atoms. The molecule has 0 aliphatic rings. The van der Waals surface area contributed by atoms with Crippen molar-refractivity contribution in [2.75, 3.05) is 26.8 Å². The van der Waals surface area contributed by atoms with Gasteiger partial charge in [-0.15, -0.1) is 0 Å². The Morgan fingerprint density at radius 3 is 3.00 bits per heavy atom. The van der Waals surface area contributed by atoms with E-state index in [9.17, 15) is 0 Å². The highest BCUT2D eigenvalue weighted by atomic mass is 16.5. The van der Waals surface area contributed by atoms with Gasteiger partial charge in [0.2, 0.25) is 0 Å². The molecule has 0 fully saturated rings. The predicted octanol–water partition coefficient (Wildman–Crippen LogP) is 1.71. The third-order valence-corrected chi connectivity index (χ3v) is 2.65. The van der Waals surface area contributed by atoms with E-state index in [-0.39, 0.29) is 0 Å². The number of aryl methyl sites for hydroxylation is 1. The van der Waals surface area contributed by atoms with Crippen LogP contribution in [0.15, 0.2) is 12.3 Å². The number of nitrogens with zero attached hydrogens (tertiary/aromatic N) is 2. The van der Waals surface area contributed by atoms with Crippen LogP contribution in [0, 0.1) is 5.92 Å². The second-order valence-electron chi connectivity index (χ2n) is 4.74. The SMILES string of the molecule is COCCn1nccc1CCCNCC(C)C. The first-order valence-electron chi connectivity index (χ1n) is 6.44. The fraction of sp³-hybridized carbons (Fsp3) is 0.769. The zero-order valence-corrected chi connectivity index (χ0v) is 11.3. The van der Waals surface area contributed by atoms with E-state index >= 15 is 0 Å². The smallest absolute Gasteiger partial charge is 0.0658 e. The molecule has 1 heterocycles. The Hall–Kier alpha value is -0.870. The molecule has 0 amide bonds. The van der Waals surface area contributed by atoms with Gasteiger partial charge in [0.15, 0.2) is 0 Å². The summed E-state index contributed by atoms with van der Waals surface area (Å²) in [6.45, 7) is 8.20. The maximum atomic E-state index is 5.07. The van der Waals surface area contributed by atoms with Crippen molar-refractivity contribution in [2.45, 2.75) is 33.2 Å². The van der Waals surface area contributed by atoms with Crippen molar-refractivity contribution in [1.82, 2.24) is 15.1 Å². The van der Waals surface area contributed by atoms with Gasteiger partial charge in [-0.05, 0) is 37.9 Å². The van der Waals surface area contributed by atoms with Crippen molar-refractivity contribution in [3.05, 3.63) is 18.0 Å². The van der Waals surface area contributed by atoms with Crippen molar-refractivity contribution < 1.29 is 4.74 Å². The van der Waals surface area contributed by atoms with Gasteiger partial charge < -0.3 is 10.1 Å². The van der Waals surface area contributed by atoms with Crippen LogP contribution in [0.5, 0.6) is 0 Å². The Bertz CT molecular complexity index is 297. The summed E-state index contributed by atoms with van der Waals surface area (Å²) in [7, 11) is 1.72. The maximum absolute atomic E-state index is 5.07. The molecular weight excluding hydrogens is 214 g/mol. The molecule has 0 bridgehead atoms.